The van der Waals surface area contributed by atoms with E-state index in [0.717, 1.165) is 25.7 Å². The smallest absolute Gasteiger partial charge is 0.251 e. The van der Waals surface area contributed by atoms with Crippen LogP contribution >= 0.6 is 0 Å². The van der Waals surface area contributed by atoms with E-state index in [1.807, 2.05) is 43.3 Å². The number of aliphatic hydroxyl groups is 1. The molecule has 2 aliphatic rings. The molecule has 0 spiro atoms. The molecule has 2 amide bonds. The molecule has 0 bridgehead atoms. The SMILES string of the molecule is C[C@H]1[C@@H]2[C@@H](O)[C@H]([C@H](C)C(=O)NCc3ccco3)CC[C@@]2(C)CC[C@@H]1NC(=O)c1ccccc1. The summed E-state index contributed by atoms with van der Waals surface area (Å²) in [5, 5.41) is 17.7. The number of furan rings is 1. The monoisotopic (exact) mass is 452 g/mol. The largest absolute Gasteiger partial charge is 0.467 e. The lowest BCUT2D eigenvalue weighted by molar-refractivity contribution is -0.142. The van der Waals surface area contributed by atoms with Crippen LogP contribution in [0.3, 0.4) is 0 Å². The van der Waals surface area contributed by atoms with E-state index >= 15 is 0 Å². The molecule has 2 saturated carbocycles. The Hall–Kier alpha value is -2.60. The van der Waals surface area contributed by atoms with E-state index in [4.69, 9.17) is 4.42 Å². The highest BCUT2D eigenvalue weighted by Gasteiger charge is 2.53. The summed E-state index contributed by atoms with van der Waals surface area (Å²) in [7, 11) is 0. The maximum Gasteiger partial charge on any atom is 0.251 e. The van der Waals surface area contributed by atoms with Gasteiger partial charge in [0.25, 0.3) is 5.91 Å². The van der Waals surface area contributed by atoms with Crippen LogP contribution in [0, 0.1) is 29.1 Å². The zero-order chi connectivity index (χ0) is 23.6. The molecule has 7 atom stereocenters. The molecule has 2 aliphatic carbocycles. The Bertz CT molecular complexity index is 944. The molecular weight excluding hydrogens is 416 g/mol. The van der Waals surface area contributed by atoms with Crippen LogP contribution < -0.4 is 10.6 Å². The molecule has 3 N–H and O–H groups in total. The third-order valence-electron chi connectivity index (χ3n) is 8.31. The van der Waals surface area contributed by atoms with Gasteiger partial charge in [-0.15, -0.1) is 0 Å². The lowest BCUT2D eigenvalue weighted by Gasteiger charge is -2.56. The number of carbonyl (C=O) groups excluding carboxylic acids is 2. The number of amides is 2. The topological polar surface area (TPSA) is 91.6 Å². The van der Waals surface area contributed by atoms with Gasteiger partial charge in [0.05, 0.1) is 18.9 Å². The summed E-state index contributed by atoms with van der Waals surface area (Å²) in [5.41, 5.74) is 0.676. The summed E-state index contributed by atoms with van der Waals surface area (Å²) in [4.78, 5) is 25.6. The van der Waals surface area contributed by atoms with Crippen molar-refractivity contribution in [3.05, 3.63) is 60.1 Å². The minimum absolute atomic E-state index is 0.00673. The van der Waals surface area contributed by atoms with Crippen molar-refractivity contribution in [2.75, 3.05) is 0 Å². The van der Waals surface area contributed by atoms with E-state index < -0.39 is 6.10 Å². The molecule has 33 heavy (non-hydrogen) atoms. The number of hydrogen-bond donors (Lipinski definition) is 3. The molecule has 0 aliphatic heterocycles. The molecule has 0 saturated heterocycles. The summed E-state index contributed by atoms with van der Waals surface area (Å²) >= 11 is 0. The van der Waals surface area contributed by atoms with Gasteiger partial charge < -0.3 is 20.2 Å². The molecule has 0 unspecified atom stereocenters. The van der Waals surface area contributed by atoms with E-state index in [-0.39, 0.29) is 46.9 Å². The lowest BCUT2D eigenvalue weighted by Crippen LogP contribution is -2.58. The van der Waals surface area contributed by atoms with E-state index in [2.05, 4.69) is 24.5 Å². The number of rotatable bonds is 6. The van der Waals surface area contributed by atoms with Crippen LogP contribution in [0.5, 0.6) is 0 Å². The Morgan fingerprint density at radius 3 is 2.58 bits per heavy atom. The van der Waals surface area contributed by atoms with E-state index in [0.29, 0.717) is 17.9 Å². The second kappa shape index (κ2) is 9.72. The van der Waals surface area contributed by atoms with Crippen molar-refractivity contribution >= 4 is 11.8 Å². The van der Waals surface area contributed by atoms with E-state index in [1.54, 1.807) is 12.3 Å². The number of carbonyl (C=O) groups is 2. The van der Waals surface area contributed by atoms with Gasteiger partial charge >= 0.3 is 0 Å². The minimum Gasteiger partial charge on any atom is -0.467 e. The Labute approximate surface area is 196 Å². The van der Waals surface area contributed by atoms with Crippen LogP contribution in [-0.2, 0) is 11.3 Å². The first-order chi connectivity index (χ1) is 15.8. The fourth-order valence-corrected chi connectivity index (χ4v) is 6.28. The molecule has 4 rings (SSSR count). The first-order valence-electron chi connectivity index (χ1n) is 12.1. The number of aliphatic hydroxyl groups excluding tert-OH is 1. The highest BCUT2D eigenvalue weighted by Crippen LogP contribution is 2.55. The number of fused-ring (bicyclic) bond motifs is 1. The Kier molecular flexibility index (Phi) is 6.94. The highest BCUT2D eigenvalue weighted by molar-refractivity contribution is 5.94. The second-order valence-corrected chi connectivity index (χ2v) is 10.3. The summed E-state index contributed by atoms with van der Waals surface area (Å²) in [6, 6.07) is 12.9. The minimum atomic E-state index is -0.584. The normalized spacial score (nSPS) is 32.4. The standard InChI is InChI=1S/C27H36N2O4/c1-17(25(31)28-16-20-10-7-15-33-20)21-11-13-27(3)14-12-22(18(2)23(27)24(21)30)29-26(32)19-8-5-4-6-9-19/h4-10,15,17-18,21-24,30H,11-14,16H2,1-3H3,(H,28,31)(H,29,32)/t17-,18+,21-,22-,23+,24-,27-/m0/s1. The zero-order valence-electron chi connectivity index (χ0n) is 19.8. The second-order valence-electron chi connectivity index (χ2n) is 10.3. The van der Waals surface area contributed by atoms with Gasteiger partial charge in [-0.2, -0.15) is 0 Å². The first kappa shape index (κ1) is 23.6. The molecule has 178 valence electrons. The third-order valence-corrected chi connectivity index (χ3v) is 8.31. The molecule has 6 heteroatoms. The van der Waals surface area contributed by atoms with Crippen molar-refractivity contribution in [2.45, 2.75) is 65.1 Å². The molecule has 0 radical (unpaired) electrons. The average Bonchev–Trinajstić information content (AvgIpc) is 3.33. The Balaban J connectivity index is 1.43. The van der Waals surface area contributed by atoms with Gasteiger partial charge in [-0.05, 0) is 73.1 Å². The van der Waals surface area contributed by atoms with Crippen molar-refractivity contribution in [3.63, 3.8) is 0 Å². The molecule has 2 aromatic rings. The van der Waals surface area contributed by atoms with Crippen molar-refractivity contribution in [2.24, 2.45) is 29.1 Å². The number of benzene rings is 1. The van der Waals surface area contributed by atoms with E-state index in [1.165, 1.54) is 0 Å². The van der Waals surface area contributed by atoms with Crippen LogP contribution in [0.2, 0.25) is 0 Å². The van der Waals surface area contributed by atoms with Gasteiger partial charge in [0, 0.05) is 17.5 Å². The average molecular weight is 453 g/mol. The summed E-state index contributed by atoms with van der Waals surface area (Å²) in [6.45, 7) is 6.68. The van der Waals surface area contributed by atoms with Crippen LogP contribution in [0.4, 0.5) is 0 Å². The maximum absolute atomic E-state index is 12.9. The van der Waals surface area contributed by atoms with Crippen molar-refractivity contribution in [1.29, 1.82) is 0 Å². The molecular formula is C27H36N2O4. The fraction of sp³-hybridized carbons (Fsp3) is 0.556. The number of hydrogen-bond acceptors (Lipinski definition) is 4. The van der Waals surface area contributed by atoms with Crippen molar-refractivity contribution in [3.8, 4) is 0 Å². The van der Waals surface area contributed by atoms with Gasteiger partial charge in [0.1, 0.15) is 5.76 Å². The third kappa shape index (κ3) is 4.86. The molecule has 2 fully saturated rings. The summed E-state index contributed by atoms with van der Waals surface area (Å²) < 4.78 is 5.31. The Morgan fingerprint density at radius 2 is 1.88 bits per heavy atom. The zero-order valence-corrected chi connectivity index (χ0v) is 19.8. The quantitative estimate of drug-likeness (QED) is 0.614. The molecule has 1 aromatic heterocycles. The predicted molar refractivity (Wildman–Crippen MR) is 126 cm³/mol. The summed E-state index contributed by atoms with van der Waals surface area (Å²) in [5.74, 6) is 0.334. The fourth-order valence-electron chi connectivity index (χ4n) is 6.28. The van der Waals surface area contributed by atoms with Gasteiger partial charge in [0.15, 0.2) is 0 Å². The highest BCUT2D eigenvalue weighted by atomic mass is 16.3. The van der Waals surface area contributed by atoms with Crippen LogP contribution in [-0.4, -0.2) is 29.1 Å². The van der Waals surface area contributed by atoms with Gasteiger partial charge in [0.2, 0.25) is 5.91 Å². The van der Waals surface area contributed by atoms with E-state index in [9.17, 15) is 14.7 Å². The van der Waals surface area contributed by atoms with Crippen LogP contribution in [0.15, 0.2) is 53.1 Å². The van der Waals surface area contributed by atoms with Gasteiger partial charge in [-0.25, -0.2) is 0 Å². The summed E-state index contributed by atoms with van der Waals surface area (Å²) in [6.07, 6.45) is 4.69. The van der Waals surface area contributed by atoms with Crippen molar-refractivity contribution in [1.82, 2.24) is 10.6 Å². The maximum atomic E-state index is 12.9. The molecule has 6 nitrogen and oxygen atoms in total. The molecule has 1 aromatic carbocycles. The van der Waals surface area contributed by atoms with Gasteiger partial charge in [-0.1, -0.05) is 39.0 Å². The number of nitrogens with one attached hydrogen (secondary N) is 2. The molecule has 1 heterocycles. The first-order valence-corrected chi connectivity index (χ1v) is 12.1. The predicted octanol–water partition coefficient (Wildman–Crippen LogP) is 4.15. The Morgan fingerprint density at radius 1 is 1.15 bits per heavy atom. The lowest BCUT2D eigenvalue weighted by atomic mass is 9.51. The van der Waals surface area contributed by atoms with Crippen LogP contribution in [0.1, 0.15) is 62.6 Å². The van der Waals surface area contributed by atoms with Crippen molar-refractivity contribution < 1.29 is 19.1 Å². The van der Waals surface area contributed by atoms with Gasteiger partial charge in [-0.3, -0.25) is 9.59 Å². The van der Waals surface area contributed by atoms with Crippen LogP contribution in [0.25, 0.3) is 0 Å².